The molecule has 11 heteroatoms. The van der Waals surface area contributed by atoms with E-state index in [1.807, 2.05) is 0 Å². The van der Waals surface area contributed by atoms with E-state index in [0.29, 0.717) is 0 Å². The monoisotopic (exact) mass is 400 g/mol. The molecule has 2 rings (SSSR count). The summed E-state index contributed by atoms with van der Waals surface area (Å²) in [4.78, 5) is 0.894. The minimum absolute atomic E-state index is 0. The average Bonchev–Trinajstić information content (AvgIpc) is 2.42. The molecule has 0 aromatic heterocycles. The third kappa shape index (κ3) is 4.65. The number of nitrogens with zero attached hydrogens (tertiary/aromatic N) is 1. The van der Waals surface area contributed by atoms with E-state index in [2.05, 4.69) is 5.32 Å². The van der Waals surface area contributed by atoms with Crippen LogP contribution in [0.3, 0.4) is 0 Å². The summed E-state index contributed by atoms with van der Waals surface area (Å²) in [5.74, 6) is -1.49. The van der Waals surface area contributed by atoms with Crippen LogP contribution in [0.5, 0.6) is 0 Å². The summed E-state index contributed by atoms with van der Waals surface area (Å²) in [6, 6.07) is -2.02. The first-order valence-corrected chi connectivity index (χ1v) is 6.97. The van der Waals surface area contributed by atoms with E-state index < -0.39 is 40.4 Å². The van der Waals surface area contributed by atoms with Crippen molar-refractivity contribution >= 4 is 24.0 Å². The van der Waals surface area contributed by atoms with Gasteiger partial charge in [-0.05, 0) is 12.1 Å². The topological polar surface area (TPSA) is 15.3 Å². The summed E-state index contributed by atoms with van der Waals surface area (Å²) >= 11 is 5.38. The molecular weight excluding hydrogens is 388 g/mol. The van der Waals surface area contributed by atoms with Crippen molar-refractivity contribution in [3.63, 3.8) is 0 Å². The number of hydrogen-bond donors (Lipinski definition) is 1. The Labute approximate surface area is 144 Å². The quantitative estimate of drug-likeness (QED) is 0.738. The Morgan fingerprint density at radius 3 is 2.04 bits per heavy atom. The van der Waals surface area contributed by atoms with E-state index in [4.69, 9.17) is 11.6 Å². The third-order valence-electron chi connectivity index (χ3n) is 3.51. The van der Waals surface area contributed by atoms with Gasteiger partial charge in [-0.25, -0.2) is 4.39 Å². The van der Waals surface area contributed by atoms with Gasteiger partial charge in [-0.3, -0.25) is 4.90 Å². The van der Waals surface area contributed by atoms with Gasteiger partial charge in [0.25, 0.3) is 0 Å². The van der Waals surface area contributed by atoms with Crippen LogP contribution in [0.4, 0.5) is 30.7 Å². The Bertz CT molecular complexity index is 569. The summed E-state index contributed by atoms with van der Waals surface area (Å²) in [5, 5.41) is 1.84. The lowest BCUT2D eigenvalue weighted by Gasteiger charge is -2.36. The van der Waals surface area contributed by atoms with Crippen molar-refractivity contribution in [1.29, 1.82) is 0 Å². The summed E-state index contributed by atoms with van der Waals surface area (Å²) in [6.07, 6.45) is -9.86. The molecule has 0 saturated carbocycles. The van der Waals surface area contributed by atoms with Crippen LogP contribution in [0, 0.1) is 5.82 Å². The van der Waals surface area contributed by atoms with Crippen LogP contribution in [-0.2, 0) is 6.18 Å². The van der Waals surface area contributed by atoms with E-state index in [9.17, 15) is 30.7 Å². The molecule has 1 saturated heterocycles. The SMILES string of the molecule is Cl.Fc1c(Cl)cc(C(F)(F)F)cc1[C@@H](N1CCNCC1)C(F)(F)F. The Hall–Kier alpha value is -0.770. The molecule has 0 bridgehead atoms. The van der Waals surface area contributed by atoms with Gasteiger partial charge >= 0.3 is 12.4 Å². The largest absolute Gasteiger partial charge is 0.416 e. The van der Waals surface area contributed by atoms with Crippen molar-refractivity contribution in [2.45, 2.75) is 18.4 Å². The van der Waals surface area contributed by atoms with Gasteiger partial charge < -0.3 is 5.32 Å². The molecule has 0 unspecified atom stereocenters. The molecule has 1 fully saturated rings. The van der Waals surface area contributed by atoms with Crippen LogP contribution < -0.4 is 5.32 Å². The fourth-order valence-corrected chi connectivity index (χ4v) is 2.72. The second-order valence-electron chi connectivity index (χ2n) is 5.09. The molecule has 0 radical (unpaired) electrons. The van der Waals surface area contributed by atoms with Gasteiger partial charge in [-0.1, -0.05) is 11.6 Å². The lowest BCUT2D eigenvalue weighted by Crippen LogP contribution is -2.49. The van der Waals surface area contributed by atoms with Crippen LogP contribution in [-0.4, -0.2) is 37.3 Å². The van der Waals surface area contributed by atoms with E-state index in [1.54, 1.807) is 0 Å². The van der Waals surface area contributed by atoms with Crippen molar-refractivity contribution in [2.75, 3.05) is 26.2 Å². The van der Waals surface area contributed by atoms with Crippen molar-refractivity contribution in [1.82, 2.24) is 10.2 Å². The predicted octanol–water partition coefficient (Wildman–Crippen LogP) is 4.43. The van der Waals surface area contributed by atoms with E-state index in [0.717, 1.165) is 4.90 Å². The fourth-order valence-electron chi connectivity index (χ4n) is 2.49. The first kappa shape index (κ1) is 21.3. The smallest absolute Gasteiger partial charge is 0.314 e. The van der Waals surface area contributed by atoms with Crippen molar-refractivity contribution in [3.8, 4) is 0 Å². The van der Waals surface area contributed by atoms with Crippen molar-refractivity contribution in [2.24, 2.45) is 0 Å². The molecule has 1 aliphatic rings. The summed E-state index contributed by atoms with van der Waals surface area (Å²) in [6.45, 7) is 0.302. The second-order valence-corrected chi connectivity index (χ2v) is 5.50. The molecule has 0 amide bonds. The highest BCUT2D eigenvalue weighted by molar-refractivity contribution is 6.30. The van der Waals surface area contributed by atoms with Gasteiger partial charge in [0.05, 0.1) is 10.6 Å². The highest BCUT2D eigenvalue weighted by Gasteiger charge is 2.47. The summed E-state index contributed by atoms with van der Waals surface area (Å²) < 4.78 is 92.6. The lowest BCUT2D eigenvalue weighted by atomic mass is 10.00. The molecular formula is C13H13Cl2F7N2. The Balaban J connectivity index is 0.00000288. The second kappa shape index (κ2) is 7.63. The number of halogens is 9. The standard InChI is InChI=1S/C13H12ClF7N2.ClH/c14-9-6-7(12(16,17)18)5-8(10(9)15)11(13(19,20)21)23-3-1-22-2-4-23;/h5-6,11,22H,1-4H2;1H/t11-;/m1./s1. The fraction of sp³-hybridized carbons (Fsp3) is 0.538. The molecule has 1 aliphatic heterocycles. The first-order chi connectivity index (χ1) is 10.5. The maximum Gasteiger partial charge on any atom is 0.416 e. The zero-order valence-corrected chi connectivity index (χ0v) is 13.5. The maximum atomic E-state index is 14.1. The average molecular weight is 401 g/mol. The number of rotatable bonds is 2. The highest BCUT2D eigenvalue weighted by Crippen LogP contribution is 2.42. The molecule has 0 aliphatic carbocycles. The van der Waals surface area contributed by atoms with Gasteiger partial charge in [-0.2, -0.15) is 26.3 Å². The van der Waals surface area contributed by atoms with Crippen LogP contribution in [0.25, 0.3) is 0 Å². The van der Waals surface area contributed by atoms with Gasteiger partial charge in [0.1, 0.15) is 11.9 Å². The molecule has 1 aromatic rings. The molecule has 1 aromatic carbocycles. The molecule has 24 heavy (non-hydrogen) atoms. The number of hydrogen-bond acceptors (Lipinski definition) is 2. The number of alkyl halides is 6. The number of nitrogens with one attached hydrogen (secondary N) is 1. The highest BCUT2D eigenvalue weighted by atomic mass is 35.5. The summed E-state index contributed by atoms with van der Waals surface area (Å²) in [7, 11) is 0. The Morgan fingerprint density at radius 1 is 1.04 bits per heavy atom. The van der Waals surface area contributed by atoms with Crippen LogP contribution in [0.2, 0.25) is 5.02 Å². The predicted molar refractivity (Wildman–Crippen MR) is 76.9 cm³/mol. The molecule has 1 atom stereocenters. The third-order valence-corrected chi connectivity index (χ3v) is 3.78. The molecule has 1 heterocycles. The lowest BCUT2D eigenvalue weighted by molar-refractivity contribution is -0.188. The van der Waals surface area contributed by atoms with Crippen molar-refractivity contribution in [3.05, 3.63) is 34.1 Å². The van der Waals surface area contributed by atoms with Crippen LogP contribution in [0.1, 0.15) is 17.2 Å². The maximum absolute atomic E-state index is 14.1. The summed E-state index contributed by atoms with van der Waals surface area (Å²) in [5.41, 5.74) is -2.53. The van der Waals surface area contributed by atoms with E-state index >= 15 is 0 Å². The van der Waals surface area contributed by atoms with E-state index in [1.165, 1.54) is 0 Å². The van der Waals surface area contributed by atoms with Gasteiger partial charge in [0.15, 0.2) is 0 Å². The molecule has 138 valence electrons. The minimum Gasteiger partial charge on any atom is -0.314 e. The van der Waals surface area contributed by atoms with Gasteiger partial charge in [-0.15, -0.1) is 12.4 Å². The minimum atomic E-state index is -4.94. The first-order valence-electron chi connectivity index (χ1n) is 6.59. The Morgan fingerprint density at radius 2 is 1.58 bits per heavy atom. The molecule has 2 nitrogen and oxygen atoms in total. The molecule has 0 spiro atoms. The number of benzene rings is 1. The van der Waals surface area contributed by atoms with Gasteiger partial charge in [0.2, 0.25) is 0 Å². The van der Waals surface area contributed by atoms with Crippen molar-refractivity contribution < 1.29 is 30.7 Å². The van der Waals surface area contributed by atoms with E-state index in [-0.39, 0.29) is 50.7 Å². The normalized spacial score (nSPS) is 18.2. The van der Waals surface area contributed by atoms with Crippen LogP contribution in [0.15, 0.2) is 12.1 Å². The van der Waals surface area contributed by atoms with Crippen LogP contribution >= 0.6 is 24.0 Å². The molecule has 1 N–H and O–H groups in total. The van der Waals surface area contributed by atoms with Gasteiger partial charge in [0, 0.05) is 31.7 Å². The zero-order valence-electron chi connectivity index (χ0n) is 11.9. The number of piperazine rings is 1. The zero-order chi connectivity index (χ0) is 17.4. The Kier molecular flexibility index (Phi) is 6.77.